The number of imidazole rings is 1. The highest BCUT2D eigenvalue weighted by atomic mass is 32.1. The number of nitrogens with zero attached hydrogens (tertiary/aromatic N) is 3. The zero-order chi connectivity index (χ0) is 21.1. The quantitative estimate of drug-likeness (QED) is 0.326. The Morgan fingerprint density at radius 3 is 2.90 bits per heavy atom. The number of amides is 2. The van der Waals surface area contributed by atoms with Gasteiger partial charge in [0.05, 0.1) is 0 Å². The van der Waals surface area contributed by atoms with Gasteiger partial charge in [0.2, 0.25) is 0 Å². The van der Waals surface area contributed by atoms with Gasteiger partial charge in [-0.3, -0.25) is 4.40 Å². The minimum Gasteiger partial charge on any atom is -0.365 e. The fourth-order valence-electron chi connectivity index (χ4n) is 3.42. The number of fused-ring (bicyclic) bond motifs is 3. The van der Waals surface area contributed by atoms with Gasteiger partial charge in [0, 0.05) is 29.9 Å². The number of aryl methyl sites for hydroxylation is 1. The molecule has 0 aliphatic heterocycles. The van der Waals surface area contributed by atoms with Crippen molar-refractivity contribution in [3.8, 4) is 10.4 Å². The van der Waals surface area contributed by atoms with Crippen molar-refractivity contribution in [1.82, 2.24) is 25.0 Å². The molecule has 1 aromatic carbocycles. The molecule has 0 spiro atoms. The first-order valence-electron chi connectivity index (χ1n) is 9.85. The topological polar surface area (TPSA) is 109 Å². The number of carbonyl (C=O) groups is 1. The highest BCUT2D eigenvalue weighted by Gasteiger charge is 2.15. The summed E-state index contributed by atoms with van der Waals surface area (Å²) in [5, 5.41) is 9.03. The van der Waals surface area contributed by atoms with Gasteiger partial charge in [-0.05, 0) is 44.1 Å². The van der Waals surface area contributed by atoms with E-state index in [2.05, 4.69) is 55.7 Å². The van der Waals surface area contributed by atoms with Crippen LogP contribution in [0.2, 0.25) is 0 Å². The van der Waals surface area contributed by atoms with Crippen molar-refractivity contribution in [3.63, 3.8) is 0 Å². The van der Waals surface area contributed by atoms with E-state index in [0.717, 1.165) is 34.7 Å². The predicted octanol–water partition coefficient (Wildman–Crippen LogP) is 2.76. The standard InChI is InChI=1S/C21H25N7OS/c1-13-12-26-19-18(24-8-9-25-21(22)29)27-16-11-17(30-20(16)28(13)19)15-5-3-4-14(10-15)6-7-23-2/h3-5,10-12,23H,6-9H2,1-2H3,(H,24,27)(H3,22,25,29). The van der Waals surface area contributed by atoms with Crippen molar-refractivity contribution in [2.24, 2.45) is 5.73 Å². The number of primary amides is 1. The smallest absolute Gasteiger partial charge is 0.312 e. The number of hydrogen-bond donors (Lipinski definition) is 4. The third-order valence-electron chi connectivity index (χ3n) is 4.87. The molecule has 4 aromatic rings. The van der Waals surface area contributed by atoms with Crippen LogP contribution in [-0.2, 0) is 6.42 Å². The van der Waals surface area contributed by atoms with Crippen LogP contribution in [0.1, 0.15) is 11.3 Å². The third-order valence-corrected chi connectivity index (χ3v) is 6.03. The maximum atomic E-state index is 10.9. The molecule has 0 aliphatic rings. The molecule has 0 radical (unpaired) electrons. The zero-order valence-corrected chi connectivity index (χ0v) is 17.8. The van der Waals surface area contributed by atoms with Gasteiger partial charge in [-0.2, -0.15) is 0 Å². The van der Waals surface area contributed by atoms with Gasteiger partial charge in [0.15, 0.2) is 11.5 Å². The highest BCUT2D eigenvalue weighted by molar-refractivity contribution is 7.21. The van der Waals surface area contributed by atoms with Crippen molar-refractivity contribution in [1.29, 1.82) is 0 Å². The fraction of sp³-hybridized carbons (Fsp3) is 0.286. The summed E-state index contributed by atoms with van der Waals surface area (Å²) in [5.41, 5.74) is 10.4. The Balaban J connectivity index is 1.71. The highest BCUT2D eigenvalue weighted by Crippen LogP contribution is 2.35. The van der Waals surface area contributed by atoms with E-state index in [-0.39, 0.29) is 0 Å². The molecule has 0 bridgehead atoms. The molecule has 0 saturated heterocycles. The average molecular weight is 424 g/mol. The van der Waals surface area contributed by atoms with E-state index in [4.69, 9.17) is 10.7 Å². The number of aromatic nitrogens is 3. The summed E-state index contributed by atoms with van der Waals surface area (Å²) in [6.45, 7) is 3.91. The number of nitrogens with two attached hydrogens (primary N) is 1. The van der Waals surface area contributed by atoms with E-state index in [0.29, 0.717) is 18.9 Å². The fourth-order valence-corrected chi connectivity index (χ4v) is 4.57. The van der Waals surface area contributed by atoms with Crippen molar-refractivity contribution in [2.45, 2.75) is 13.3 Å². The van der Waals surface area contributed by atoms with Crippen LogP contribution in [0.15, 0.2) is 36.5 Å². The normalized spacial score (nSPS) is 11.3. The molecule has 2 amide bonds. The van der Waals surface area contributed by atoms with Crippen molar-refractivity contribution < 1.29 is 4.79 Å². The van der Waals surface area contributed by atoms with Crippen LogP contribution in [0.3, 0.4) is 0 Å². The summed E-state index contributed by atoms with van der Waals surface area (Å²) in [6, 6.07) is 10.2. The lowest BCUT2D eigenvalue weighted by Crippen LogP contribution is -2.33. The van der Waals surface area contributed by atoms with Gasteiger partial charge < -0.3 is 21.7 Å². The van der Waals surface area contributed by atoms with Crippen LogP contribution in [0.4, 0.5) is 10.6 Å². The van der Waals surface area contributed by atoms with Gasteiger partial charge in [0.25, 0.3) is 0 Å². The molecular formula is C21H25N7OS. The SMILES string of the molecule is CNCCc1cccc(-c2cc3nc(NCCNC(N)=O)c4ncc(C)n4c3s2)c1. The Hall–Kier alpha value is -3.17. The summed E-state index contributed by atoms with van der Waals surface area (Å²) in [4.78, 5) is 22.5. The van der Waals surface area contributed by atoms with Gasteiger partial charge in [-0.1, -0.05) is 24.3 Å². The maximum Gasteiger partial charge on any atom is 0.312 e. The second-order valence-electron chi connectivity index (χ2n) is 7.09. The van der Waals surface area contributed by atoms with Gasteiger partial charge in [-0.25, -0.2) is 14.8 Å². The van der Waals surface area contributed by atoms with Crippen LogP contribution in [-0.4, -0.2) is 47.1 Å². The largest absolute Gasteiger partial charge is 0.365 e. The van der Waals surface area contributed by atoms with E-state index in [1.165, 1.54) is 16.0 Å². The monoisotopic (exact) mass is 423 g/mol. The lowest BCUT2D eigenvalue weighted by atomic mass is 10.1. The summed E-state index contributed by atoms with van der Waals surface area (Å²) in [6.07, 6.45) is 2.84. The molecule has 5 N–H and O–H groups in total. The number of anilines is 1. The number of urea groups is 1. The van der Waals surface area contributed by atoms with Crippen molar-refractivity contribution >= 4 is 39.2 Å². The lowest BCUT2D eigenvalue weighted by Gasteiger charge is -2.08. The molecule has 0 unspecified atom stereocenters. The Kier molecular flexibility index (Phi) is 5.82. The maximum absolute atomic E-state index is 10.9. The van der Waals surface area contributed by atoms with Gasteiger partial charge in [-0.15, -0.1) is 11.3 Å². The number of rotatable bonds is 8. The van der Waals surface area contributed by atoms with Crippen molar-refractivity contribution in [2.75, 3.05) is 32.0 Å². The van der Waals surface area contributed by atoms with E-state index >= 15 is 0 Å². The molecule has 9 heteroatoms. The predicted molar refractivity (Wildman–Crippen MR) is 122 cm³/mol. The average Bonchev–Trinajstić information content (AvgIpc) is 3.33. The number of nitrogens with one attached hydrogen (secondary N) is 3. The molecule has 0 saturated carbocycles. The van der Waals surface area contributed by atoms with Crippen LogP contribution in [0.25, 0.3) is 26.4 Å². The number of likely N-dealkylation sites (N-methyl/N-ethyl adjacent to an activating group) is 1. The first-order valence-corrected chi connectivity index (χ1v) is 10.7. The summed E-state index contributed by atoms with van der Waals surface area (Å²) in [7, 11) is 1.97. The number of carbonyl (C=O) groups excluding carboxylic acids is 1. The Morgan fingerprint density at radius 1 is 1.23 bits per heavy atom. The first kappa shape index (κ1) is 20.1. The Morgan fingerprint density at radius 2 is 2.10 bits per heavy atom. The number of hydrogen-bond acceptors (Lipinski definition) is 6. The van der Waals surface area contributed by atoms with Crippen molar-refractivity contribution in [3.05, 3.63) is 47.8 Å². The minimum atomic E-state index is -0.540. The molecular weight excluding hydrogens is 398 g/mol. The number of benzene rings is 1. The Bertz CT molecular complexity index is 1200. The van der Waals surface area contributed by atoms with Crippen LogP contribution >= 0.6 is 11.3 Å². The molecule has 3 aromatic heterocycles. The summed E-state index contributed by atoms with van der Waals surface area (Å²) in [5.74, 6) is 0.689. The van der Waals surface area contributed by atoms with E-state index in [1.807, 2.05) is 20.2 Å². The van der Waals surface area contributed by atoms with Gasteiger partial charge in [0.1, 0.15) is 10.3 Å². The van der Waals surface area contributed by atoms with Gasteiger partial charge >= 0.3 is 6.03 Å². The third kappa shape index (κ3) is 4.07. The minimum absolute atomic E-state index is 0.412. The molecule has 30 heavy (non-hydrogen) atoms. The molecule has 156 valence electrons. The number of thiophene rings is 1. The van der Waals surface area contributed by atoms with Crippen LogP contribution in [0, 0.1) is 6.92 Å². The van der Waals surface area contributed by atoms with Crippen LogP contribution in [0.5, 0.6) is 0 Å². The molecule has 0 atom stereocenters. The molecule has 4 rings (SSSR count). The molecule has 0 aliphatic carbocycles. The summed E-state index contributed by atoms with van der Waals surface area (Å²) >= 11 is 1.72. The van der Waals surface area contributed by atoms with E-state index in [9.17, 15) is 4.79 Å². The van der Waals surface area contributed by atoms with E-state index < -0.39 is 6.03 Å². The molecule has 8 nitrogen and oxygen atoms in total. The molecule has 3 heterocycles. The first-order chi connectivity index (χ1) is 14.6. The second kappa shape index (κ2) is 8.68. The zero-order valence-electron chi connectivity index (χ0n) is 17.0. The second-order valence-corrected chi connectivity index (χ2v) is 8.12. The van der Waals surface area contributed by atoms with E-state index in [1.54, 1.807) is 11.3 Å². The molecule has 0 fully saturated rings. The summed E-state index contributed by atoms with van der Waals surface area (Å²) < 4.78 is 2.13. The Labute approximate surface area is 178 Å². The lowest BCUT2D eigenvalue weighted by molar-refractivity contribution is 0.249. The van der Waals surface area contributed by atoms with Crippen LogP contribution < -0.4 is 21.7 Å².